The van der Waals surface area contributed by atoms with Crippen LogP contribution in [0.3, 0.4) is 0 Å². The number of hydrogen-bond donors (Lipinski definition) is 3. The second kappa shape index (κ2) is 11.7. The summed E-state index contributed by atoms with van der Waals surface area (Å²) >= 11 is 3.80. The lowest BCUT2D eigenvalue weighted by Crippen LogP contribution is -2.44. The Kier molecular flexibility index (Phi) is 8.11. The number of amides is 1. The molecular weight excluding hydrogens is 560 g/mol. The number of benzene rings is 2. The van der Waals surface area contributed by atoms with Gasteiger partial charge in [0.15, 0.2) is 5.82 Å². The molecule has 5 rings (SSSR count). The van der Waals surface area contributed by atoms with Crippen molar-refractivity contribution in [3.05, 3.63) is 52.5 Å². The minimum atomic E-state index is -0.856. The van der Waals surface area contributed by atoms with Gasteiger partial charge in [-0.15, -0.1) is 5.10 Å². The van der Waals surface area contributed by atoms with Crippen LogP contribution in [0.1, 0.15) is 63.9 Å². The smallest absolute Gasteiger partial charge is 0.311 e. The van der Waals surface area contributed by atoms with Gasteiger partial charge in [-0.1, -0.05) is 62.9 Å². The van der Waals surface area contributed by atoms with Crippen LogP contribution in [-0.4, -0.2) is 54.0 Å². The normalized spacial score (nSPS) is 14.6. The molecule has 0 saturated heterocycles. The maximum atomic E-state index is 13.3. The average molecular weight is 594 g/mol. The number of nitrogens with zero attached hydrogens (tertiary/aromatic N) is 4. The number of nitrogens with one attached hydrogen (secondary N) is 2. The highest BCUT2D eigenvalue weighted by atomic mass is 79.9. The maximum absolute atomic E-state index is 13.3. The van der Waals surface area contributed by atoms with Crippen LogP contribution in [0.2, 0.25) is 0 Å². The molecule has 1 aliphatic rings. The Labute approximate surface area is 235 Å². The van der Waals surface area contributed by atoms with Gasteiger partial charge >= 0.3 is 5.97 Å². The van der Waals surface area contributed by atoms with Gasteiger partial charge < -0.3 is 15.0 Å². The summed E-state index contributed by atoms with van der Waals surface area (Å²) in [6, 6.07) is 14.0. The first-order valence-electron chi connectivity index (χ1n) is 13.6. The number of carboxylic acid groups (broad SMARTS) is 1. The molecule has 1 amide bonds. The van der Waals surface area contributed by atoms with Crippen LogP contribution in [0.25, 0.3) is 33.5 Å². The number of H-pyrrole nitrogens is 2. The molecule has 0 atom stereocenters. The van der Waals surface area contributed by atoms with E-state index in [0.29, 0.717) is 31.6 Å². The van der Waals surface area contributed by atoms with Gasteiger partial charge in [0.05, 0.1) is 15.6 Å². The largest absolute Gasteiger partial charge is 0.481 e. The highest BCUT2D eigenvalue weighted by Gasteiger charge is 2.43. The number of aromatic amines is 2. The molecule has 0 radical (unpaired) electrons. The fourth-order valence-electron chi connectivity index (χ4n) is 5.66. The van der Waals surface area contributed by atoms with E-state index in [9.17, 15) is 14.7 Å². The van der Waals surface area contributed by atoms with Crippen LogP contribution >= 0.6 is 15.9 Å². The van der Waals surface area contributed by atoms with Crippen molar-refractivity contribution in [2.75, 3.05) is 6.54 Å². The van der Waals surface area contributed by atoms with E-state index in [1.165, 1.54) is 0 Å². The monoisotopic (exact) mass is 592 g/mol. The lowest BCUT2D eigenvalue weighted by atomic mass is 9.85. The lowest BCUT2D eigenvalue weighted by Gasteiger charge is -2.32. The predicted octanol–water partition coefficient (Wildman–Crippen LogP) is 6.33. The first kappa shape index (κ1) is 27.1. The molecule has 3 N–H and O–H groups in total. The van der Waals surface area contributed by atoms with Gasteiger partial charge in [0, 0.05) is 41.5 Å². The van der Waals surface area contributed by atoms with Gasteiger partial charge in [0.2, 0.25) is 5.91 Å². The van der Waals surface area contributed by atoms with Crippen LogP contribution in [-0.2, 0) is 16.1 Å². The van der Waals surface area contributed by atoms with E-state index in [-0.39, 0.29) is 12.5 Å². The fraction of sp³-hybridized carbons (Fsp3) is 0.414. The average Bonchev–Trinajstić information content (AvgIpc) is 3.70. The Hall–Kier alpha value is -3.53. The van der Waals surface area contributed by atoms with Crippen molar-refractivity contribution < 1.29 is 14.7 Å². The van der Waals surface area contributed by atoms with Crippen LogP contribution < -0.4 is 0 Å². The van der Waals surface area contributed by atoms with E-state index in [1.807, 2.05) is 36.4 Å². The Balaban J connectivity index is 1.46. The molecule has 1 fully saturated rings. The molecule has 2 aromatic heterocycles. The highest BCUT2D eigenvalue weighted by Crippen LogP contribution is 2.41. The van der Waals surface area contributed by atoms with Crippen molar-refractivity contribution in [2.45, 2.75) is 64.8 Å². The zero-order valence-electron chi connectivity index (χ0n) is 22.0. The van der Waals surface area contributed by atoms with Crippen LogP contribution in [0.5, 0.6) is 0 Å². The molecule has 0 aliphatic heterocycles. The van der Waals surface area contributed by atoms with Crippen molar-refractivity contribution in [3.63, 3.8) is 0 Å². The van der Waals surface area contributed by atoms with Gasteiger partial charge in [0.1, 0.15) is 0 Å². The molecular formula is C29H33BrN6O3. The molecule has 39 heavy (non-hydrogen) atoms. The topological polar surface area (TPSA) is 128 Å². The molecule has 204 valence electrons. The molecule has 2 aromatic carbocycles. The number of hydrogen-bond acceptors (Lipinski definition) is 5. The zero-order valence-corrected chi connectivity index (χ0v) is 23.6. The fourth-order valence-corrected chi connectivity index (χ4v) is 6.31. The van der Waals surface area contributed by atoms with Crippen LogP contribution in [0, 0.1) is 5.41 Å². The number of aliphatic carboxylic acids is 1. The summed E-state index contributed by atoms with van der Waals surface area (Å²) < 4.78 is 0.901. The number of tetrazole rings is 1. The summed E-state index contributed by atoms with van der Waals surface area (Å²) in [7, 11) is 0. The van der Waals surface area contributed by atoms with Crippen LogP contribution in [0.15, 0.2) is 46.9 Å². The molecule has 10 heteroatoms. The van der Waals surface area contributed by atoms with Gasteiger partial charge in [0.25, 0.3) is 0 Å². The quantitative estimate of drug-likeness (QED) is 0.174. The van der Waals surface area contributed by atoms with E-state index < -0.39 is 11.4 Å². The number of unbranched alkanes of at least 4 members (excludes halogenated alkanes) is 2. The standard InChI is InChI=1S/C29H33BrN6O3/c1-2-3-4-11-24(37)36(18-29(28(38)39)14-7-8-15-29)17-19-12-13-23-22(16-19)25(30)26(31-23)20-9-5-6-10-21(20)27-32-34-35-33-27/h5-6,9-10,12-13,16,31H,2-4,7-8,11,14-15,17-18H2,1H3,(H,38,39)(H,32,33,34,35). The van der Waals surface area contributed by atoms with Crippen molar-refractivity contribution in [1.82, 2.24) is 30.5 Å². The maximum Gasteiger partial charge on any atom is 0.311 e. The molecule has 1 aliphatic carbocycles. The number of carbonyl (C=O) groups is 2. The molecule has 0 bridgehead atoms. The number of rotatable bonds is 11. The first-order valence-corrected chi connectivity index (χ1v) is 14.4. The van der Waals surface area contributed by atoms with Gasteiger partial charge in [-0.3, -0.25) is 9.59 Å². The van der Waals surface area contributed by atoms with Gasteiger partial charge in [-0.25, -0.2) is 5.10 Å². The minimum Gasteiger partial charge on any atom is -0.481 e. The van der Waals surface area contributed by atoms with Gasteiger partial charge in [-0.05, 0) is 63.3 Å². The van der Waals surface area contributed by atoms with Crippen molar-refractivity contribution in [2.24, 2.45) is 5.41 Å². The summed E-state index contributed by atoms with van der Waals surface area (Å²) in [5.74, 6) is -0.187. The molecule has 2 heterocycles. The summed E-state index contributed by atoms with van der Waals surface area (Å²) in [5, 5.41) is 25.4. The predicted molar refractivity (Wildman–Crippen MR) is 153 cm³/mol. The van der Waals surface area contributed by atoms with E-state index >= 15 is 0 Å². The Morgan fingerprint density at radius 2 is 1.87 bits per heavy atom. The lowest BCUT2D eigenvalue weighted by molar-refractivity contribution is -0.151. The summed E-state index contributed by atoms with van der Waals surface area (Å²) in [6.07, 6.45) is 6.29. The third-order valence-corrected chi connectivity index (χ3v) is 8.65. The molecule has 0 spiro atoms. The Morgan fingerprint density at radius 1 is 1.10 bits per heavy atom. The minimum absolute atomic E-state index is 0.0273. The first-order chi connectivity index (χ1) is 18.9. The number of carboxylic acids is 1. The number of halogens is 1. The van der Waals surface area contributed by atoms with E-state index in [2.05, 4.69) is 54.5 Å². The second-order valence-corrected chi connectivity index (χ2v) is 11.3. The molecule has 9 nitrogen and oxygen atoms in total. The van der Waals surface area contributed by atoms with Crippen LogP contribution in [0.4, 0.5) is 0 Å². The van der Waals surface area contributed by atoms with Crippen molar-refractivity contribution in [1.29, 1.82) is 0 Å². The Morgan fingerprint density at radius 3 is 2.56 bits per heavy atom. The second-order valence-electron chi connectivity index (χ2n) is 10.5. The van der Waals surface area contributed by atoms with Gasteiger partial charge in [-0.2, -0.15) is 0 Å². The summed E-state index contributed by atoms with van der Waals surface area (Å²) in [5.41, 5.74) is 3.77. The van der Waals surface area contributed by atoms with Crippen molar-refractivity contribution >= 4 is 38.7 Å². The van der Waals surface area contributed by atoms with E-state index in [0.717, 1.165) is 69.9 Å². The van der Waals surface area contributed by atoms with Crippen molar-refractivity contribution in [3.8, 4) is 22.6 Å². The summed E-state index contributed by atoms with van der Waals surface area (Å²) in [6.45, 7) is 2.74. The van der Waals surface area contributed by atoms with E-state index in [4.69, 9.17) is 0 Å². The number of carbonyl (C=O) groups excluding carboxylic acids is 1. The zero-order chi connectivity index (χ0) is 27.4. The third kappa shape index (κ3) is 5.61. The van der Waals surface area contributed by atoms with E-state index in [1.54, 1.807) is 4.90 Å². The number of aromatic nitrogens is 5. The number of fused-ring (bicyclic) bond motifs is 1. The third-order valence-electron chi connectivity index (χ3n) is 7.82. The SMILES string of the molecule is CCCCCC(=O)N(Cc1ccc2[nH]c(-c3ccccc3-c3nnn[nH]3)c(Br)c2c1)CC1(C(=O)O)CCCC1. The molecule has 0 unspecified atom stereocenters. The molecule has 1 saturated carbocycles. The highest BCUT2D eigenvalue weighted by molar-refractivity contribution is 9.10. The Bertz CT molecular complexity index is 1460. The summed E-state index contributed by atoms with van der Waals surface area (Å²) in [4.78, 5) is 30.9. The molecule has 4 aromatic rings.